The number of piperazine rings is 1. The number of benzene rings is 1. The van der Waals surface area contributed by atoms with Crippen LogP contribution in [0.3, 0.4) is 0 Å². The standard InChI is InChI=1S/C13H18BrN3.ClH/c14-11-1-3-12(4-2-11)16-5-7-17(8-6-16)13-9-15-10-13;/h1-4,13,15H,5-10H2;1H. The van der Waals surface area contributed by atoms with E-state index in [-0.39, 0.29) is 12.4 Å². The summed E-state index contributed by atoms with van der Waals surface area (Å²) < 4.78 is 1.15. The van der Waals surface area contributed by atoms with Gasteiger partial charge >= 0.3 is 0 Å². The van der Waals surface area contributed by atoms with E-state index in [1.807, 2.05) is 0 Å². The van der Waals surface area contributed by atoms with E-state index in [0.717, 1.165) is 23.6 Å². The molecule has 2 aliphatic rings. The van der Waals surface area contributed by atoms with Crippen molar-refractivity contribution in [3.63, 3.8) is 0 Å². The fourth-order valence-corrected chi connectivity index (χ4v) is 2.79. The van der Waals surface area contributed by atoms with Crippen LogP contribution in [0.5, 0.6) is 0 Å². The number of hydrogen-bond acceptors (Lipinski definition) is 3. The summed E-state index contributed by atoms with van der Waals surface area (Å²) in [6.07, 6.45) is 0. The van der Waals surface area contributed by atoms with Crippen molar-refractivity contribution in [2.24, 2.45) is 0 Å². The molecule has 1 aromatic carbocycles. The maximum Gasteiger partial charge on any atom is 0.0367 e. The molecule has 3 nitrogen and oxygen atoms in total. The molecule has 0 amide bonds. The lowest BCUT2D eigenvalue weighted by molar-refractivity contribution is 0.138. The molecule has 0 saturated carbocycles. The largest absolute Gasteiger partial charge is 0.369 e. The molecule has 0 atom stereocenters. The van der Waals surface area contributed by atoms with Gasteiger partial charge in [-0.15, -0.1) is 12.4 Å². The Balaban J connectivity index is 0.00000120. The topological polar surface area (TPSA) is 18.5 Å². The molecule has 2 aliphatic heterocycles. The van der Waals surface area contributed by atoms with Crippen molar-refractivity contribution in [3.8, 4) is 0 Å². The fourth-order valence-electron chi connectivity index (χ4n) is 2.53. The number of nitrogens with zero attached hydrogens (tertiary/aromatic N) is 2. The van der Waals surface area contributed by atoms with Crippen LogP contribution in [-0.2, 0) is 0 Å². The van der Waals surface area contributed by atoms with Gasteiger partial charge in [0.05, 0.1) is 0 Å². The monoisotopic (exact) mass is 331 g/mol. The third-order valence-corrected chi connectivity index (χ3v) is 4.31. The second kappa shape index (κ2) is 6.24. The highest BCUT2D eigenvalue weighted by Gasteiger charge is 2.27. The van der Waals surface area contributed by atoms with Crippen LogP contribution in [0.1, 0.15) is 0 Å². The van der Waals surface area contributed by atoms with Gasteiger partial charge in [-0.05, 0) is 24.3 Å². The normalized spacial score (nSPS) is 21.3. The zero-order valence-corrected chi connectivity index (χ0v) is 12.7. The third-order valence-electron chi connectivity index (χ3n) is 3.78. The summed E-state index contributed by atoms with van der Waals surface area (Å²) in [5, 5.41) is 3.35. The molecule has 0 aromatic heterocycles. The Morgan fingerprint density at radius 2 is 1.61 bits per heavy atom. The fraction of sp³-hybridized carbons (Fsp3) is 0.538. The minimum Gasteiger partial charge on any atom is -0.369 e. The summed E-state index contributed by atoms with van der Waals surface area (Å²) in [7, 11) is 0. The Hall–Kier alpha value is -0.290. The molecule has 5 heteroatoms. The first-order valence-electron chi connectivity index (χ1n) is 6.28. The average Bonchev–Trinajstić information content (AvgIpc) is 2.29. The Labute approximate surface area is 123 Å². The van der Waals surface area contributed by atoms with Gasteiger partial charge in [-0.25, -0.2) is 0 Å². The molecule has 18 heavy (non-hydrogen) atoms. The van der Waals surface area contributed by atoms with Crippen molar-refractivity contribution >= 4 is 34.0 Å². The van der Waals surface area contributed by atoms with E-state index in [0.29, 0.717) is 0 Å². The highest BCUT2D eigenvalue weighted by Crippen LogP contribution is 2.20. The van der Waals surface area contributed by atoms with Crippen LogP contribution in [0.15, 0.2) is 28.7 Å². The first-order valence-corrected chi connectivity index (χ1v) is 7.07. The Bertz CT molecular complexity index is 372. The molecular weight excluding hydrogens is 314 g/mol. The van der Waals surface area contributed by atoms with E-state index in [2.05, 4.69) is 55.3 Å². The van der Waals surface area contributed by atoms with Crippen molar-refractivity contribution in [2.45, 2.75) is 6.04 Å². The van der Waals surface area contributed by atoms with Crippen LogP contribution in [0.2, 0.25) is 0 Å². The summed E-state index contributed by atoms with van der Waals surface area (Å²) in [6.45, 7) is 7.05. The molecule has 0 unspecified atom stereocenters. The summed E-state index contributed by atoms with van der Waals surface area (Å²) in [4.78, 5) is 5.10. The van der Waals surface area contributed by atoms with Gasteiger partial charge in [0.1, 0.15) is 0 Å². The second-order valence-corrected chi connectivity index (χ2v) is 5.73. The van der Waals surface area contributed by atoms with E-state index < -0.39 is 0 Å². The van der Waals surface area contributed by atoms with Crippen molar-refractivity contribution in [3.05, 3.63) is 28.7 Å². The minimum atomic E-state index is 0. The lowest BCUT2D eigenvalue weighted by Gasteiger charge is -2.43. The van der Waals surface area contributed by atoms with Gasteiger partial charge in [0.2, 0.25) is 0 Å². The zero-order valence-electron chi connectivity index (χ0n) is 10.3. The molecule has 1 N–H and O–H groups in total. The maximum atomic E-state index is 3.48. The second-order valence-electron chi connectivity index (χ2n) is 4.81. The van der Waals surface area contributed by atoms with Gasteiger partial charge in [0.25, 0.3) is 0 Å². The maximum absolute atomic E-state index is 3.48. The van der Waals surface area contributed by atoms with Crippen LogP contribution in [0, 0.1) is 0 Å². The predicted molar refractivity (Wildman–Crippen MR) is 81.8 cm³/mol. The van der Waals surface area contributed by atoms with Crippen molar-refractivity contribution in [1.82, 2.24) is 10.2 Å². The minimum absolute atomic E-state index is 0. The van der Waals surface area contributed by atoms with Gasteiger partial charge in [0, 0.05) is 55.5 Å². The lowest BCUT2D eigenvalue weighted by atomic mass is 10.1. The van der Waals surface area contributed by atoms with E-state index in [9.17, 15) is 0 Å². The molecule has 100 valence electrons. The number of anilines is 1. The highest BCUT2D eigenvalue weighted by atomic mass is 79.9. The van der Waals surface area contributed by atoms with Crippen LogP contribution < -0.4 is 10.2 Å². The van der Waals surface area contributed by atoms with E-state index >= 15 is 0 Å². The number of halogens is 2. The van der Waals surface area contributed by atoms with Crippen molar-refractivity contribution in [1.29, 1.82) is 0 Å². The molecule has 0 bridgehead atoms. The molecule has 2 heterocycles. The van der Waals surface area contributed by atoms with Crippen LogP contribution in [0.25, 0.3) is 0 Å². The van der Waals surface area contributed by atoms with E-state index in [1.165, 1.54) is 31.9 Å². The van der Waals surface area contributed by atoms with Crippen molar-refractivity contribution < 1.29 is 0 Å². The number of nitrogens with one attached hydrogen (secondary N) is 1. The molecule has 2 fully saturated rings. The van der Waals surface area contributed by atoms with E-state index in [4.69, 9.17) is 0 Å². The first kappa shape index (κ1) is 14.1. The molecule has 0 spiro atoms. The van der Waals surface area contributed by atoms with Crippen LogP contribution >= 0.6 is 28.3 Å². The van der Waals surface area contributed by atoms with Gasteiger partial charge in [0.15, 0.2) is 0 Å². The lowest BCUT2D eigenvalue weighted by Crippen LogP contribution is -2.61. The van der Waals surface area contributed by atoms with Gasteiger partial charge in [-0.1, -0.05) is 15.9 Å². The Morgan fingerprint density at radius 3 is 2.11 bits per heavy atom. The summed E-state index contributed by atoms with van der Waals surface area (Å²) in [5.41, 5.74) is 1.35. The SMILES string of the molecule is Brc1ccc(N2CCN(C3CNC3)CC2)cc1.Cl. The first-order chi connectivity index (χ1) is 8.33. The molecule has 2 saturated heterocycles. The summed E-state index contributed by atoms with van der Waals surface area (Å²) in [5.74, 6) is 0. The Kier molecular flexibility index (Phi) is 4.90. The highest BCUT2D eigenvalue weighted by molar-refractivity contribution is 9.10. The Morgan fingerprint density at radius 1 is 1.00 bits per heavy atom. The molecule has 0 aliphatic carbocycles. The smallest absolute Gasteiger partial charge is 0.0367 e. The quantitative estimate of drug-likeness (QED) is 0.893. The molecular formula is C13H19BrClN3. The average molecular weight is 333 g/mol. The van der Waals surface area contributed by atoms with Crippen molar-refractivity contribution in [2.75, 3.05) is 44.2 Å². The third kappa shape index (κ3) is 2.99. The van der Waals surface area contributed by atoms with Gasteiger partial charge < -0.3 is 10.2 Å². The predicted octanol–water partition coefficient (Wildman–Crippen LogP) is 1.96. The zero-order chi connectivity index (χ0) is 11.7. The molecule has 0 radical (unpaired) electrons. The summed E-state index contributed by atoms with van der Waals surface area (Å²) in [6, 6.07) is 9.44. The number of hydrogen-bond donors (Lipinski definition) is 1. The van der Waals surface area contributed by atoms with Gasteiger partial charge in [-0.3, -0.25) is 4.90 Å². The summed E-state index contributed by atoms with van der Waals surface area (Å²) >= 11 is 3.48. The molecule has 3 rings (SSSR count). The molecule has 1 aromatic rings. The van der Waals surface area contributed by atoms with Gasteiger partial charge in [-0.2, -0.15) is 0 Å². The number of rotatable bonds is 2. The van der Waals surface area contributed by atoms with E-state index in [1.54, 1.807) is 0 Å². The van der Waals surface area contributed by atoms with Crippen LogP contribution in [-0.4, -0.2) is 50.2 Å². The van der Waals surface area contributed by atoms with Crippen LogP contribution in [0.4, 0.5) is 5.69 Å².